The van der Waals surface area contributed by atoms with Gasteiger partial charge < -0.3 is 4.90 Å². The number of aromatic nitrogens is 3. The predicted molar refractivity (Wildman–Crippen MR) is 105 cm³/mol. The van der Waals surface area contributed by atoms with Crippen LogP contribution in [-0.4, -0.2) is 46.0 Å². The molecule has 2 aliphatic heterocycles. The molecule has 5 rings (SSSR count). The molecule has 0 N–H and O–H groups in total. The molecule has 2 aromatic heterocycles. The van der Waals surface area contributed by atoms with Gasteiger partial charge in [0.15, 0.2) is 0 Å². The maximum atomic E-state index is 4.94. The molecule has 0 bridgehead atoms. The molecular weight excluding hydrogens is 342 g/mol. The SMILES string of the molecule is Cc1ncnc(N2CC3CN(Cc4nc5c(s4)CCCC5)CC3C2)c1C. The fraction of sp³-hybridized carbons (Fsp3) is 0.650. The summed E-state index contributed by atoms with van der Waals surface area (Å²) in [4.78, 5) is 20.5. The summed E-state index contributed by atoms with van der Waals surface area (Å²) in [7, 11) is 0. The average Bonchev–Trinajstić information content (AvgIpc) is 3.29. The maximum absolute atomic E-state index is 4.94. The van der Waals surface area contributed by atoms with Crippen molar-refractivity contribution < 1.29 is 0 Å². The van der Waals surface area contributed by atoms with Crippen LogP contribution >= 0.6 is 11.3 Å². The van der Waals surface area contributed by atoms with Crippen molar-refractivity contribution in [1.82, 2.24) is 19.9 Å². The first kappa shape index (κ1) is 16.6. The highest BCUT2D eigenvalue weighted by Crippen LogP contribution is 2.36. The number of thiazole rings is 1. The third kappa shape index (κ3) is 2.93. The molecule has 0 radical (unpaired) electrons. The molecule has 138 valence electrons. The Bertz CT molecular complexity index is 779. The topological polar surface area (TPSA) is 45.2 Å². The van der Waals surface area contributed by atoms with Gasteiger partial charge in [0.05, 0.1) is 12.2 Å². The van der Waals surface area contributed by atoms with E-state index < -0.39 is 0 Å². The monoisotopic (exact) mass is 369 g/mol. The summed E-state index contributed by atoms with van der Waals surface area (Å²) in [6.45, 7) is 9.95. The number of anilines is 1. The molecule has 5 nitrogen and oxygen atoms in total. The molecule has 3 aliphatic rings. The first-order valence-corrected chi connectivity index (χ1v) is 10.7. The number of fused-ring (bicyclic) bond motifs is 2. The Morgan fingerprint density at radius 3 is 2.58 bits per heavy atom. The molecular formula is C20H27N5S. The lowest BCUT2D eigenvalue weighted by atomic mass is 10.0. The predicted octanol–water partition coefficient (Wildman–Crippen LogP) is 3.00. The van der Waals surface area contributed by atoms with Crippen LogP contribution in [0, 0.1) is 25.7 Å². The Labute approximate surface area is 159 Å². The summed E-state index contributed by atoms with van der Waals surface area (Å²) in [6, 6.07) is 0. The number of hydrogen-bond acceptors (Lipinski definition) is 6. The minimum absolute atomic E-state index is 0.763. The summed E-state index contributed by atoms with van der Waals surface area (Å²) < 4.78 is 0. The van der Waals surface area contributed by atoms with Crippen LogP contribution in [-0.2, 0) is 19.4 Å². The van der Waals surface area contributed by atoms with Crippen LogP contribution in [0.4, 0.5) is 5.82 Å². The highest BCUT2D eigenvalue weighted by atomic mass is 32.1. The molecule has 2 atom stereocenters. The van der Waals surface area contributed by atoms with E-state index >= 15 is 0 Å². The van der Waals surface area contributed by atoms with Gasteiger partial charge in [-0.1, -0.05) is 0 Å². The lowest BCUT2D eigenvalue weighted by molar-refractivity contribution is 0.308. The van der Waals surface area contributed by atoms with E-state index in [9.17, 15) is 0 Å². The zero-order valence-corrected chi connectivity index (χ0v) is 16.6. The second kappa shape index (κ2) is 6.57. The zero-order valence-electron chi connectivity index (χ0n) is 15.7. The lowest BCUT2D eigenvalue weighted by Crippen LogP contribution is -2.29. The zero-order chi connectivity index (χ0) is 17.7. The molecule has 2 fully saturated rings. The molecule has 0 spiro atoms. The first-order chi connectivity index (χ1) is 12.7. The van der Waals surface area contributed by atoms with Crippen molar-refractivity contribution in [2.75, 3.05) is 31.1 Å². The van der Waals surface area contributed by atoms with Gasteiger partial charge in [0.2, 0.25) is 0 Å². The van der Waals surface area contributed by atoms with Crippen molar-refractivity contribution in [2.45, 2.75) is 46.1 Å². The smallest absolute Gasteiger partial charge is 0.135 e. The summed E-state index contributed by atoms with van der Waals surface area (Å²) >= 11 is 1.97. The Morgan fingerprint density at radius 2 is 1.81 bits per heavy atom. The van der Waals surface area contributed by atoms with Crippen LogP contribution in [0.1, 0.15) is 39.7 Å². The highest BCUT2D eigenvalue weighted by Gasteiger charge is 2.41. The van der Waals surface area contributed by atoms with E-state index in [1.54, 1.807) is 11.2 Å². The third-order valence-corrected chi connectivity index (χ3v) is 7.56. The minimum Gasteiger partial charge on any atom is -0.356 e. The molecule has 2 aromatic rings. The third-order valence-electron chi connectivity index (χ3n) is 6.42. The number of likely N-dealkylation sites (tertiary alicyclic amines) is 1. The van der Waals surface area contributed by atoms with Gasteiger partial charge >= 0.3 is 0 Å². The van der Waals surface area contributed by atoms with E-state index in [1.165, 1.54) is 55.0 Å². The number of aryl methyl sites for hydroxylation is 3. The fourth-order valence-electron chi connectivity index (χ4n) is 4.90. The van der Waals surface area contributed by atoms with E-state index in [-0.39, 0.29) is 0 Å². The van der Waals surface area contributed by atoms with Crippen LogP contribution in [0.2, 0.25) is 0 Å². The fourth-order valence-corrected chi connectivity index (χ4v) is 6.10. The quantitative estimate of drug-likeness (QED) is 0.832. The standard InChI is InChI=1S/C20H27N5S/c1-13-14(2)21-12-22-20(13)25-9-15-7-24(8-16(15)10-25)11-19-23-17-5-3-4-6-18(17)26-19/h12,15-16H,3-11H2,1-2H3. The van der Waals surface area contributed by atoms with Crippen molar-refractivity contribution in [1.29, 1.82) is 0 Å². The molecule has 26 heavy (non-hydrogen) atoms. The van der Waals surface area contributed by atoms with Crippen molar-refractivity contribution in [3.05, 3.63) is 33.2 Å². The van der Waals surface area contributed by atoms with Crippen LogP contribution in [0.15, 0.2) is 6.33 Å². The Balaban J connectivity index is 1.23. The van der Waals surface area contributed by atoms with E-state index in [2.05, 4.69) is 33.6 Å². The van der Waals surface area contributed by atoms with Gasteiger partial charge in [-0.2, -0.15) is 0 Å². The van der Waals surface area contributed by atoms with Gasteiger partial charge in [-0.05, 0) is 51.4 Å². The molecule has 6 heteroatoms. The number of rotatable bonds is 3. The maximum Gasteiger partial charge on any atom is 0.135 e. The van der Waals surface area contributed by atoms with Gasteiger partial charge in [0, 0.05) is 42.3 Å². The highest BCUT2D eigenvalue weighted by molar-refractivity contribution is 7.11. The summed E-state index contributed by atoms with van der Waals surface area (Å²) in [5.41, 5.74) is 3.73. The van der Waals surface area contributed by atoms with Crippen molar-refractivity contribution in [2.24, 2.45) is 11.8 Å². The van der Waals surface area contributed by atoms with E-state index in [0.717, 1.165) is 43.0 Å². The van der Waals surface area contributed by atoms with Crippen molar-refractivity contribution in [3.8, 4) is 0 Å². The van der Waals surface area contributed by atoms with Gasteiger partial charge in [-0.25, -0.2) is 15.0 Å². The number of nitrogens with zero attached hydrogens (tertiary/aromatic N) is 5. The Kier molecular flexibility index (Phi) is 4.20. The van der Waals surface area contributed by atoms with Crippen LogP contribution < -0.4 is 4.90 Å². The Morgan fingerprint density at radius 1 is 1.04 bits per heavy atom. The van der Waals surface area contributed by atoms with Gasteiger partial charge in [0.1, 0.15) is 17.2 Å². The molecule has 1 aliphatic carbocycles. The van der Waals surface area contributed by atoms with Crippen LogP contribution in [0.5, 0.6) is 0 Å². The molecule has 4 heterocycles. The summed E-state index contributed by atoms with van der Waals surface area (Å²) in [6.07, 6.45) is 6.83. The normalized spacial score (nSPS) is 25.5. The summed E-state index contributed by atoms with van der Waals surface area (Å²) in [5, 5.41) is 1.34. The van der Waals surface area contributed by atoms with Crippen molar-refractivity contribution >= 4 is 17.2 Å². The van der Waals surface area contributed by atoms with Gasteiger partial charge in [-0.15, -0.1) is 11.3 Å². The molecule has 0 saturated carbocycles. The van der Waals surface area contributed by atoms with Crippen LogP contribution in [0.3, 0.4) is 0 Å². The molecule has 2 saturated heterocycles. The van der Waals surface area contributed by atoms with E-state index in [0.29, 0.717) is 0 Å². The summed E-state index contributed by atoms with van der Waals surface area (Å²) in [5.74, 6) is 2.67. The van der Waals surface area contributed by atoms with Crippen LogP contribution in [0.25, 0.3) is 0 Å². The Hall–Kier alpha value is -1.53. The van der Waals surface area contributed by atoms with E-state index in [1.807, 2.05) is 11.3 Å². The minimum atomic E-state index is 0.763. The largest absolute Gasteiger partial charge is 0.356 e. The second-order valence-electron chi connectivity index (χ2n) is 8.21. The second-order valence-corrected chi connectivity index (χ2v) is 9.38. The lowest BCUT2D eigenvalue weighted by Gasteiger charge is -2.23. The van der Waals surface area contributed by atoms with Gasteiger partial charge in [0.25, 0.3) is 0 Å². The molecule has 0 aromatic carbocycles. The van der Waals surface area contributed by atoms with Crippen molar-refractivity contribution in [3.63, 3.8) is 0 Å². The molecule has 2 unspecified atom stereocenters. The first-order valence-electron chi connectivity index (χ1n) is 9.90. The van der Waals surface area contributed by atoms with E-state index in [4.69, 9.17) is 4.98 Å². The van der Waals surface area contributed by atoms with Gasteiger partial charge in [-0.3, -0.25) is 4.90 Å². The average molecular weight is 370 g/mol. The molecule has 0 amide bonds. The number of hydrogen-bond donors (Lipinski definition) is 0.